The molecule has 0 aliphatic heterocycles. The summed E-state index contributed by atoms with van der Waals surface area (Å²) in [5.74, 6) is -1.35. The first kappa shape index (κ1) is 21.3. The largest absolute Gasteiger partial charge is 0.455 e. The van der Waals surface area contributed by atoms with Gasteiger partial charge in [-0.25, -0.2) is 0 Å². The lowest BCUT2D eigenvalue weighted by atomic mass is 10.3. The summed E-state index contributed by atoms with van der Waals surface area (Å²) in [5.41, 5.74) is -0.187. The molecule has 0 aliphatic carbocycles. The van der Waals surface area contributed by atoms with Crippen molar-refractivity contribution in [2.45, 2.75) is 4.90 Å². The highest BCUT2D eigenvalue weighted by atomic mass is 35.5. The number of carbonyl (C=O) groups excluding carboxylic acids is 2. The van der Waals surface area contributed by atoms with Crippen molar-refractivity contribution >= 4 is 69.8 Å². The summed E-state index contributed by atoms with van der Waals surface area (Å²) in [6.07, 6.45) is 0. The fourth-order valence-corrected chi connectivity index (χ4v) is 3.32. The zero-order valence-corrected chi connectivity index (χ0v) is 16.5. The van der Waals surface area contributed by atoms with E-state index in [-0.39, 0.29) is 22.2 Å². The number of hydrogen-bond acceptors (Lipinski definition) is 6. The molecule has 0 heterocycles. The van der Waals surface area contributed by atoms with Crippen LogP contribution < -0.4 is 5.32 Å². The van der Waals surface area contributed by atoms with Crippen LogP contribution >= 0.6 is 46.6 Å². The fourth-order valence-electron chi connectivity index (χ4n) is 1.84. The average molecular weight is 450 g/mol. The number of ether oxygens (including phenoxy) is 1. The summed E-state index contributed by atoms with van der Waals surface area (Å²) in [6, 6.07) is 8.63. The lowest BCUT2D eigenvalue weighted by Gasteiger charge is -2.08. The molecule has 2 aromatic rings. The number of esters is 1. The maximum Gasteiger partial charge on any atom is 0.316 e. The molecule has 0 saturated heterocycles. The van der Waals surface area contributed by atoms with Gasteiger partial charge in [0.05, 0.1) is 15.7 Å². The Morgan fingerprint density at radius 2 is 1.81 bits per heavy atom. The first-order valence-electron chi connectivity index (χ1n) is 7.23. The average Bonchev–Trinajstić information content (AvgIpc) is 2.62. The van der Waals surface area contributed by atoms with E-state index in [0.29, 0.717) is 14.9 Å². The molecule has 0 radical (unpaired) electrons. The van der Waals surface area contributed by atoms with E-state index >= 15 is 0 Å². The van der Waals surface area contributed by atoms with Crippen molar-refractivity contribution in [2.75, 3.05) is 17.7 Å². The number of thioether (sulfide) groups is 1. The Hall–Kier alpha value is -2.00. The van der Waals surface area contributed by atoms with Gasteiger partial charge < -0.3 is 10.1 Å². The molecule has 0 aliphatic rings. The molecular weight excluding hydrogens is 439 g/mol. The number of nitro groups is 1. The molecule has 0 unspecified atom stereocenters. The molecule has 2 rings (SSSR count). The lowest BCUT2D eigenvalue weighted by Crippen LogP contribution is -2.21. The minimum absolute atomic E-state index is 0.0545. The van der Waals surface area contributed by atoms with E-state index in [4.69, 9.17) is 39.5 Å². The molecule has 1 amide bonds. The SMILES string of the molecule is O=C(COC(=O)CSc1cc(Cl)ccc1Cl)Nc1ccc(Cl)c([N+](=O)[O-])c1. The molecule has 0 atom stereocenters. The van der Waals surface area contributed by atoms with Crippen molar-refractivity contribution < 1.29 is 19.2 Å². The number of amides is 1. The Morgan fingerprint density at radius 3 is 2.52 bits per heavy atom. The zero-order valence-electron chi connectivity index (χ0n) is 13.4. The van der Waals surface area contributed by atoms with E-state index in [2.05, 4.69) is 5.32 Å². The number of nitrogens with zero attached hydrogens (tertiary/aromatic N) is 1. The normalized spacial score (nSPS) is 10.3. The second-order valence-electron chi connectivity index (χ2n) is 5.00. The van der Waals surface area contributed by atoms with Crippen LogP contribution in [-0.4, -0.2) is 29.2 Å². The Bertz CT molecular complexity index is 894. The third-order valence-electron chi connectivity index (χ3n) is 3.03. The predicted octanol–water partition coefficient (Wildman–Crippen LogP) is 4.83. The number of nitro benzene ring substituents is 1. The van der Waals surface area contributed by atoms with E-state index in [1.165, 1.54) is 12.1 Å². The third-order valence-corrected chi connectivity index (χ3v) is 5.05. The molecule has 27 heavy (non-hydrogen) atoms. The van der Waals surface area contributed by atoms with Crippen LogP contribution in [0.4, 0.5) is 11.4 Å². The summed E-state index contributed by atoms with van der Waals surface area (Å²) in [7, 11) is 0. The monoisotopic (exact) mass is 448 g/mol. The topological polar surface area (TPSA) is 98.5 Å². The van der Waals surface area contributed by atoms with Crippen molar-refractivity contribution in [3.05, 3.63) is 61.6 Å². The zero-order chi connectivity index (χ0) is 20.0. The van der Waals surface area contributed by atoms with Crippen LogP contribution in [-0.2, 0) is 14.3 Å². The first-order valence-corrected chi connectivity index (χ1v) is 9.35. The van der Waals surface area contributed by atoms with Crippen LogP contribution in [0.2, 0.25) is 15.1 Å². The lowest BCUT2D eigenvalue weighted by molar-refractivity contribution is -0.384. The van der Waals surface area contributed by atoms with E-state index in [9.17, 15) is 19.7 Å². The standard InChI is InChI=1S/C16H11Cl3N2O5S/c17-9-1-3-12(19)14(5-9)27-8-16(23)26-7-15(22)20-10-2-4-11(18)13(6-10)21(24)25/h1-6H,7-8H2,(H,20,22). The van der Waals surface area contributed by atoms with Gasteiger partial charge in [0, 0.05) is 21.7 Å². The van der Waals surface area contributed by atoms with Crippen LogP contribution in [0.1, 0.15) is 0 Å². The first-order chi connectivity index (χ1) is 12.8. The van der Waals surface area contributed by atoms with Gasteiger partial charge in [-0.1, -0.05) is 34.8 Å². The molecule has 142 valence electrons. The highest BCUT2D eigenvalue weighted by Crippen LogP contribution is 2.30. The van der Waals surface area contributed by atoms with Gasteiger partial charge in [0.15, 0.2) is 6.61 Å². The Kier molecular flexibility index (Phi) is 7.73. The maximum absolute atomic E-state index is 11.8. The molecule has 0 saturated carbocycles. The van der Waals surface area contributed by atoms with Gasteiger partial charge in [0.2, 0.25) is 0 Å². The maximum atomic E-state index is 11.8. The van der Waals surface area contributed by atoms with Crippen molar-refractivity contribution in [1.29, 1.82) is 0 Å². The highest BCUT2D eigenvalue weighted by Gasteiger charge is 2.15. The van der Waals surface area contributed by atoms with Crippen molar-refractivity contribution in [2.24, 2.45) is 0 Å². The number of carbonyl (C=O) groups is 2. The second kappa shape index (κ2) is 9.80. The molecule has 0 spiro atoms. The molecule has 0 fully saturated rings. The predicted molar refractivity (Wildman–Crippen MR) is 105 cm³/mol. The van der Waals surface area contributed by atoms with Gasteiger partial charge in [-0.05, 0) is 30.3 Å². The number of anilines is 1. The van der Waals surface area contributed by atoms with Gasteiger partial charge in [-0.3, -0.25) is 19.7 Å². The summed E-state index contributed by atoms with van der Waals surface area (Å²) in [6.45, 7) is -0.543. The molecule has 0 aromatic heterocycles. The van der Waals surface area contributed by atoms with Gasteiger partial charge in [-0.15, -0.1) is 11.8 Å². The number of nitrogens with one attached hydrogen (secondary N) is 1. The quantitative estimate of drug-likeness (QED) is 0.281. The molecule has 2 aromatic carbocycles. The molecule has 0 bridgehead atoms. The Morgan fingerprint density at radius 1 is 1.11 bits per heavy atom. The number of benzene rings is 2. The Balaban J connectivity index is 1.83. The van der Waals surface area contributed by atoms with Crippen LogP contribution in [0.15, 0.2) is 41.3 Å². The van der Waals surface area contributed by atoms with Gasteiger partial charge in [-0.2, -0.15) is 0 Å². The smallest absolute Gasteiger partial charge is 0.316 e. The van der Waals surface area contributed by atoms with Crippen LogP contribution in [0.25, 0.3) is 0 Å². The molecule has 7 nitrogen and oxygen atoms in total. The molecule has 11 heteroatoms. The fraction of sp³-hybridized carbons (Fsp3) is 0.125. The number of rotatable bonds is 7. The van der Waals surface area contributed by atoms with E-state index < -0.39 is 23.4 Å². The minimum Gasteiger partial charge on any atom is -0.455 e. The van der Waals surface area contributed by atoms with Crippen molar-refractivity contribution in [3.8, 4) is 0 Å². The van der Waals surface area contributed by atoms with Gasteiger partial charge in [0.1, 0.15) is 5.02 Å². The van der Waals surface area contributed by atoms with Crippen LogP contribution in [0.3, 0.4) is 0 Å². The van der Waals surface area contributed by atoms with Crippen molar-refractivity contribution in [1.82, 2.24) is 0 Å². The van der Waals surface area contributed by atoms with Crippen molar-refractivity contribution in [3.63, 3.8) is 0 Å². The highest BCUT2D eigenvalue weighted by molar-refractivity contribution is 8.00. The second-order valence-corrected chi connectivity index (χ2v) is 7.26. The number of hydrogen-bond donors (Lipinski definition) is 1. The van der Waals surface area contributed by atoms with E-state index in [0.717, 1.165) is 17.8 Å². The van der Waals surface area contributed by atoms with Gasteiger partial charge >= 0.3 is 5.97 Å². The van der Waals surface area contributed by atoms with Gasteiger partial charge in [0.25, 0.3) is 11.6 Å². The molecule has 1 N–H and O–H groups in total. The minimum atomic E-state index is -0.670. The molecular formula is C16H11Cl3N2O5S. The van der Waals surface area contributed by atoms with Crippen LogP contribution in [0, 0.1) is 10.1 Å². The van der Waals surface area contributed by atoms with E-state index in [1.54, 1.807) is 18.2 Å². The Labute approximate surface area is 173 Å². The summed E-state index contributed by atoms with van der Waals surface area (Å²) < 4.78 is 4.86. The third kappa shape index (κ3) is 6.59. The summed E-state index contributed by atoms with van der Waals surface area (Å²) in [5, 5.41) is 14.1. The van der Waals surface area contributed by atoms with Crippen LogP contribution in [0.5, 0.6) is 0 Å². The number of halogens is 3. The summed E-state index contributed by atoms with van der Waals surface area (Å²) >= 11 is 18.7. The van der Waals surface area contributed by atoms with E-state index in [1.807, 2.05) is 0 Å². The summed E-state index contributed by atoms with van der Waals surface area (Å²) in [4.78, 5) is 34.3.